The van der Waals surface area contributed by atoms with Crippen LogP contribution in [-0.4, -0.2) is 24.2 Å². The normalized spacial score (nSPS) is 11.9. The summed E-state index contributed by atoms with van der Waals surface area (Å²) in [6.45, 7) is 0. The van der Waals surface area contributed by atoms with E-state index in [1.54, 1.807) is 28.8 Å². The highest BCUT2D eigenvalue weighted by Gasteiger charge is 2.16. The Morgan fingerprint density at radius 2 is 1.86 bits per heavy atom. The van der Waals surface area contributed by atoms with Crippen LogP contribution in [-0.2, 0) is 9.84 Å². The van der Waals surface area contributed by atoms with Gasteiger partial charge in [0.2, 0.25) is 0 Å². The molecule has 0 spiro atoms. The number of nitrogens with one attached hydrogen (secondary N) is 1. The molecule has 0 bridgehead atoms. The van der Waals surface area contributed by atoms with Gasteiger partial charge in [-0.05, 0) is 36.5 Å². The van der Waals surface area contributed by atoms with Crippen molar-refractivity contribution in [2.24, 2.45) is 0 Å². The van der Waals surface area contributed by atoms with Gasteiger partial charge in [0.25, 0.3) is 0 Å². The SMILES string of the molecule is CS(=O)(=O)c1cccc2c1[nH]c(=S)n2-c1ccccc1Cl. The van der Waals surface area contributed by atoms with Crippen molar-refractivity contribution in [3.8, 4) is 5.69 Å². The smallest absolute Gasteiger partial charge is 0.182 e. The van der Waals surface area contributed by atoms with Crippen molar-refractivity contribution in [3.05, 3.63) is 52.3 Å². The van der Waals surface area contributed by atoms with Gasteiger partial charge in [-0.2, -0.15) is 0 Å². The van der Waals surface area contributed by atoms with Crippen LogP contribution in [0.4, 0.5) is 0 Å². The maximum atomic E-state index is 11.9. The number of halogens is 1. The van der Waals surface area contributed by atoms with Gasteiger partial charge in [0.05, 0.1) is 26.6 Å². The van der Waals surface area contributed by atoms with Crippen LogP contribution in [0.15, 0.2) is 47.4 Å². The van der Waals surface area contributed by atoms with Gasteiger partial charge in [0, 0.05) is 6.26 Å². The monoisotopic (exact) mass is 338 g/mol. The van der Waals surface area contributed by atoms with Crippen LogP contribution >= 0.6 is 23.8 Å². The fourth-order valence-corrected chi connectivity index (χ4v) is 3.66. The van der Waals surface area contributed by atoms with Gasteiger partial charge in [-0.3, -0.25) is 4.57 Å². The van der Waals surface area contributed by atoms with E-state index in [1.807, 2.05) is 18.2 Å². The zero-order valence-corrected chi connectivity index (χ0v) is 13.4. The maximum Gasteiger partial charge on any atom is 0.182 e. The van der Waals surface area contributed by atoms with Crippen LogP contribution in [0.3, 0.4) is 0 Å². The molecule has 21 heavy (non-hydrogen) atoms. The lowest BCUT2D eigenvalue weighted by atomic mass is 10.3. The van der Waals surface area contributed by atoms with Crippen molar-refractivity contribution in [2.75, 3.05) is 6.26 Å². The summed E-state index contributed by atoms with van der Waals surface area (Å²) in [6.07, 6.45) is 1.17. The highest BCUT2D eigenvalue weighted by molar-refractivity contribution is 7.91. The molecule has 3 aromatic rings. The van der Waals surface area contributed by atoms with Crippen LogP contribution in [0, 0.1) is 4.77 Å². The van der Waals surface area contributed by atoms with Gasteiger partial charge >= 0.3 is 0 Å². The average Bonchev–Trinajstić information content (AvgIpc) is 2.74. The van der Waals surface area contributed by atoms with Gasteiger partial charge in [-0.25, -0.2) is 8.42 Å². The lowest BCUT2D eigenvalue weighted by Gasteiger charge is -2.07. The summed E-state index contributed by atoms with van der Waals surface area (Å²) in [6, 6.07) is 12.3. The zero-order valence-electron chi connectivity index (χ0n) is 11.0. The van der Waals surface area contributed by atoms with Gasteiger partial charge in [-0.15, -0.1) is 0 Å². The van der Waals surface area contributed by atoms with E-state index in [0.29, 0.717) is 26.5 Å². The van der Waals surface area contributed by atoms with Crippen LogP contribution in [0.5, 0.6) is 0 Å². The van der Waals surface area contributed by atoms with E-state index in [2.05, 4.69) is 4.98 Å². The molecular weight excluding hydrogens is 328 g/mol. The molecule has 0 saturated carbocycles. The lowest BCUT2D eigenvalue weighted by Crippen LogP contribution is -1.99. The summed E-state index contributed by atoms with van der Waals surface area (Å²) in [4.78, 5) is 3.19. The van der Waals surface area contributed by atoms with E-state index in [9.17, 15) is 8.42 Å². The van der Waals surface area contributed by atoms with Gasteiger partial charge in [0.1, 0.15) is 0 Å². The molecular formula is C14H11ClN2O2S2. The first-order valence-corrected chi connectivity index (χ1v) is 8.76. The number of imidazole rings is 1. The molecule has 0 aliphatic carbocycles. The predicted molar refractivity (Wildman–Crippen MR) is 86.6 cm³/mol. The Bertz CT molecular complexity index is 1000. The van der Waals surface area contributed by atoms with Crippen LogP contribution in [0.2, 0.25) is 5.02 Å². The van der Waals surface area contributed by atoms with Gasteiger partial charge in [-0.1, -0.05) is 29.8 Å². The summed E-state index contributed by atoms with van der Waals surface area (Å²) in [5.41, 5.74) is 1.88. The van der Waals surface area contributed by atoms with Gasteiger partial charge < -0.3 is 4.98 Å². The molecule has 0 saturated heterocycles. The Hall–Kier alpha value is -1.63. The largest absolute Gasteiger partial charge is 0.329 e. The fourth-order valence-electron chi connectivity index (χ4n) is 2.28. The highest BCUT2D eigenvalue weighted by atomic mass is 35.5. The van der Waals surface area contributed by atoms with E-state index >= 15 is 0 Å². The Morgan fingerprint density at radius 3 is 2.52 bits per heavy atom. The Kier molecular flexibility index (Phi) is 3.39. The number of aromatic amines is 1. The number of sulfone groups is 1. The predicted octanol–water partition coefficient (Wildman–Crippen LogP) is 3.74. The maximum absolute atomic E-state index is 11.9. The summed E-state index contributed by atoms with van der Waals surface area (Å²) in [5, 5.41) is 0.541. The van der Waals surface area contributed by atoms with Crippen molar-refractivity contribution >= 4 is 44.7 Å². The molecule has 0 aliphatic rings. The third kappa shape index (κ3) is 2.39. The average molecular weight is 339 g/mol. The van der Waals surface area contributed by atoms with E-state index in [1.165, 1.54) is 6.26 Å². The summed E-state index contributed by atoms with van der Waals surface area (Å²) >= 11 is 11.5. The molecule has 3 rings (SSSR count). The Balaban J connectivity index is 2.45. The number of rotatable bonds is 2. The second-order valence-corrected chi connectivity index (χ2v) is 7.42. The minimum Gasteiger partial charge on any atom is -0.329 e. The first-order valence-electron chi connectivity index (χ1n) is 6.08. The molecule has 0 amide bonds. The van der Waals surface area contributed by atoms with Crippen molar-refractivity contribution < 1.29 is 8.42 Å². The summed E-state index contributed by atoms with van der Waals surface area (Å²) < 4.78 is 25.9. The fraction of sp³-hybridized carbons (Fsp3) is 0.0714. The molecule has 4 nitrogen and oxygen atoms in total. The number of H-pyrrole nitrogens is 1. The molecule has 7 heteroatoms. The number of para-hydroxylation sites is 2. The first-order chi connectivity index (χ1) is 9.89. The third-order valence-electron chi connectivity index (χ3n) is 3.17. The topological polar surface area (TPSA) is 54.9 Å². The molecule has 108 valence electrons. The molecule has 0 unspecified atom stereocenters. The number of hydrogen-bond acceptors (Lipinski definition) is 3. The van der Waals surface area contributed by atoms with Crippen molar-refractivity contribution in [2.45, 2.75) is 4.90 Å². The van der Waals surface area contributed by atoms with Gasteiger partial charge in [0.15, 0.2) is 14.6 Å². The van der Waals surface area contributed by atoms with E-state index in [-0.39, 0.29) is 4.90 Å². The Morgan fingerprint density at radius 1 is 1.14 bits per heavy atom. The van der Waals surface area contributed by atoms with E-state index in [0.717, 1.165) is 0 Å². The van der Waals surface area contributed by atoms with Crippen molar-refractivity contribution in [1.29, 1.82) is 0 Å². The standard InChI is InChI=1S/C14H11ClN2O2S2/c1-21(18,19)12-8-4-7-11-13(12)16-14(20)17(11)10-6-3-2-5-9(10)15/h2-8H,1H3,(H,16,20). The van der Waals surface area contributed by atoms with Crippen LogP contribution < -0.4 is 0 Å². The quantitative estimate of drug-likeness (QED) is 0.724. The molecule has 1 aromatic heterocycles. The van der Waals surface area contributed by atoms with Crippen LogP contribution in [0.25, 0.3) is 16.7 Å². The number of aromatic nitrogens is 2. The Labute approximate surface area is 131 Å². The minimum absolute atomic E-state index is 0.219. The lowest BCUT2D eigenvalue weighted by molar-refractivity contribution is 0.602. The minimum atomic E-state index is -3.35. The number of hydrogen-bond donors (Lipinski definition) is 1. The number of benzene rings is 2. The molecule has 0 fully saturated rings. The van der Waals surface area contributed by atoms with Crippen LogP contribution in [0.1, 0.15) is 0 Å². The van der Waals surface area contributed by atoms with E-state index < -0.39 is 9.84 Å². The molecule has 1 N–H and O–H groups in total. The van der Waals surface area contributed by atoms with Crippen molar-refractivity contribution in [1.82, 2.24) is 9.55 Å². The first kappa shape index (κ1) is 14.3. The third-order valence-corrected chi connectivity index (χ3v) is 4.92. The van der Waals surface area contributed by atoms with Crippen molar-refractivity contribution in [3.63, 3.8) is 0 Å². The number of fused-ring (bicyclic) bond motifs is 1. The van der Waals surface area contributed by atoms with E-state index in [4.69, 9.17) is 23.8 Å². The second kappa shape index (κ2) is 4.98. The molecule has 1 heterocycles. The summed E-state index contributed by atoms with van der Waals surface area (Å²) in [7, 11) is -3.35. The molecule has 0 radical (unpaired) electrons. The molecule has 2 aromatic carbocycles. The zero-order chi connectivity index (χ0) is 15.2. The highest BCUT2D eigenvalue weighted by Crippen LogP contribution is 2.28. The molecule has 0 atom stereocenters. The molecule has 0 aliphatic heterocycles. The second-order valence-electron chi connectivity index (χ2n) is 4.64. The summed E-state index contributed by atoms with van der Waals surface area (Å²) in [5.74, 6) is 0. The number of nitrogens with zero attached hydrogens (tertiary/aromatic N) is 1.